The van der Waals surface area contributed by atoms with Crippen LogP contribution in [0.15, 0.2) is 60.7 Å². The summed E-state index contributed by atoms with van der Waals surface area (Å²) in [6.45, 7) is 0.522. The second-order valence-corrected chi connectivity index (χ2v) is 6.90. The lowest BCUT2D eigenvalue weighted by atomic mass is 10.1. The number of carbonyl (C=O) groups excluding carboxylic acids is 2. The standard InChI is InChI=1S/C24H21NO6/c1-28-17-7-3-15(4-8-17)13-30-21-11-19-20(24(27)25-23(19)26)12-22(21)31-14-16-5-9-18(29-2)10-6-16/h3-12H,13-14H2,1-2H3,(H,25,26,27). The number of ether oxygens (including phenoxy) is 4. The smallest absolute Gasteiger partial charge is 0.259 e. The number of fused-ring (bicyclic) bond motifs is 1. The molecular formula is C24H21NO6. The van der Waals surface area contributed by atoms with Crippen molar-refractivity contribution in [2.75, 3.05) is 14.2 Å². The van der Waals surface area contributed by atoms with Crippen LogP contribution in [-0.2, 0) is 13.2 Å². The second kappa shape index (κ2) is 8.79. The van der Waals surface area contributed by atoms with Crippen LogP contribution in [0.3, 0.4) is 0 Å². The molecule has 3 aromatic rings. The van der Waals surface area contributed by atoms with Gasteiger partial charge in [-0.05, 0) is 47.5 Å². The Bertz CT molecular complexity index is 1020. The molecule has 3 aromatic carbocycles. The molecule has 0 aliphatic carbocycles. The largest absolute Gasteiger partial charge is 0.497 e. The molecule has 4 rings (SSSR count). The Labute approximate surface area is 179 Å². The SMILES string of the molecule is COc1ccc(COc2cc3c(cc2OCc2ccc(OC)cc2)C(=O)NC3=O)cc1. The van der Waals surface area contributed by atoms with E-state index in [1.54, 1.807) is 26.4 Å². The van der Waals surface area contributed by atoms with Gasteiger partial charge in [0, 0.05) is 0 Å². The first-order valence-corrected chi connectivity index (χ1v) is 9.62. The van der Waals surface area contributed by atoms with Crippen molar-refractivity contribution in [1.29, 1.82) is 0 Å². The molecule has 0 aromatic heterocycles. The summed E-state index contributed by atoms with van der Waals surface area (Å²) in [4.78, 5) is 24.1. The minimum absolute atomic E-state index is 0.261. The van der Waals surface area contributed by atoms with Crippen LogP contribution in [0.2, 0.25) is 0 Å². The number of methoxy groups -OCH3 is 2. The van der Waals surface area contributed by atoms with Crippen LogP contribution >= 0.6 is 0 Å². The number of rotatable bonds is 8. The molecule has 0 fully saturated rings. The summed E-state index contributed by atoms with van der Waals surface area (Å²) >= 11 is 0. The summed E-state index contributed by atoms with van der Waals surface area (Å²) in [7, 11) is 3.21. The maximum absolute atomic E-state index is 12.1. The zero-order valence-corrected chi connectivity index (χ0v) is 17.1. The van der Waals surface area contributed by atoms with E-state index in [1.807, 2.05) is 48.5 Å². The van der Waals surface area contributed by atoms with Crippen molar-refractivity contribution in [2.45, 2.75) is 13.2 Å². The van der Waals surface area contributed by atoms with Gasteiger partial charge in [-0.1, -0.05) is 24.3 Å². The molecule has 0 bridgehead atoms. The first kappa shape index (κ1) is 20.3. The fourth-order valence-corrected chi connectivity index (χ4v) is 3.16. The first-order valence-electron chi connectivity index (χ1n) is 9.62. The van der Waals surface area contributed by atoms with Gasteiger partial charge < -0.3 is 18.9 Å². The van der Waals surface area contributed by atoms with Crippen LogP contribution in [0.25, 0.3) is 0 Å². The van der Waals surface area contributed by atoms with E-state index in [2.05, 4.69) is 5.32 Å². The molecule has 7 nitrogen and oxygen atoms in total. The number of benzene rings is 3. The molecule has 1 aliphatic rings. The van der Waals surface area contributed by atoms with E-state index in [0.717, 1.165) is 22.6 Å². The van der Waals surface area contributed by atoms with E-state index < -0.39 is 11.8 Å². The molecule has 2 amide bonds. The Hall–Kier alpha value is -4.00. The van der Waals surface area contributed by atoms with E-state index in [9.17, 15) is 9.59 Å². The average Bonchev–Trinajstić information content (AvgIpc) is 3.09. The predicted molar refractivity (Wildman–Crippen MR) is 113 cm³/mol. The van der Waals surface area contributed by atoms with Crippen molar-refractivity contribution in [3.63, 3.8) is 0 Å². The highest BCUT2D eigenvalue weighted by Gasteiger charge is 2.29. The number of imide groups is 1. The van der Waals surface area contributed by atoms with E-state index in [-0.39, 0.29) is 24.3 Å². The van der Waals surface area contributed by atoms with Gasteiger partial charge in [-0.3, -0.25) is 14.9 Å². The Balaban J connectivity index is 1.56. The monoisotopic (exact) mass is 419 g/mol. The van der Waals surface area contributed by atoms with Crippen molar-refractivity contribution in [3.8, 4) is 23.0 Å². The Kier molecular flexibility index (Phi) is 5.75. The van der Waals surface area contributed by atoms with Gasteiger partial charge in [-0.25, -0.2) is 0 Å². The summed E-state index contributed by atoms with van der Waals surface area (Å²) < 4.78 is 22.2. The third-order valence-corrected chi connectivity index (χ3v) is 4.91. The zero-order chi connectivity index (χ0) is 21.8. The van der Waals surface area contributed by atoms with Crippen LogP contribution in [0, 0.1) is 0 Å². The number of hydrogen-bond acceptors (Lipinski definition) is 6. The maximum Gasteiger partial charge on any atom is 0.259 e. The van der Waals surface area contributed by atoms with Crippen LogP contribution in [0.4, 0.5) is 0 Å². The highest BCUT2D eigenvalue weighted by molar-refractivity contribution is 6.21. The number of amides is 2. The highest BCUT2D eigenvalue weighted by atomic mass is 16.5. The average molecular weight is 419 g/mol. The molecule has 1 heterocycles. The summed E-state index contributed by atoms with van der Waals surface area (Å²) in [6.07, 6.45) is 0. The molecule has 1 aliphatic heterocycles. The van der Waals surface area contributed by atoms with Gasteiger partial charge in [-0.2, -0.15) is 0 Å². The quantitative estimate of drug-likeness (QED) is 0.560. The Morgan fingerprint density at radius 3 is 1.39 bits per heavy atom. The Morgan fingerprint density at radius 1 is 0.645 bits per heavy atom. The van der Waals surface area contributed by atoms with Crippen molar-refractivity contribution in [2.24, 2.45) is 0 Å². The van der Waals surface area contributed by atoms with Crippen LogP contribution in [-0.4, -0.2) is 26.0 Å². The maximum atomic E-state index is 12.1. The van der Waals surface area contributed by atoms with Crippen molar-refractivity contribution in [3.05, 3.63) is 82.9 Å². The molecule has 0 unspecified atom stereocenters. The van der Waals surface area contributed by atoms with Crippen LogP contribution < -0.4 is 24.3 Å². The summed E-state index contributed by atoms with van der Waals surface area (Å²) in [6, 6.07) is 18.0. The molecule has 0 atom stereocenters. The molecule has 7 heteroatoms. The molecule has 0 saturated carbocycles. The minimum atomic E-state index is -0.448. The summed E-state index contributed by atoms with van der Waals surface area (Å²) in [5, 5.41) is 2.29. The van der Waals surface area contributed by atoms with Gasteiger partial charge in [0.1, 0.15) is 24.7 Å². The van der Waals surface area contributed by atoms with E-state index in [4.69, 9.17) is 18.9 Å². The fraction of sp³-hybridized carbons (Fsp3) is 0.167. The second-order valence-electron chi connectivity index (χ2n) is 6.90. The molecule has 0 spiro atoms. The third kappa shape index (κ3) is 4.45. The number of nitrogens with one attached hydrogen (secondary N) is 1. The van der Waals surface area contributed by atoms with E-state index >= 15 is 0 Å². The van der Waals surface area contributed by atoms with Gasteiger partial charge in [0.25, 0.3) is 11.8 Å². The Morgan fingerprint density at radius 2 is 1.03 bits per heavy atom. The third-order valence-electron chi connectivity index (χ3n) is 4.91. The molecular weight excluding hydrogens is 398 g/mol. The lowest BCUT2D eigenvalue weighted by molar-refractivity contribution is 0.0879. The van der Waals surface area contributed by atoms with E-state index in [1.165, 1.54) is 0 Å². The normalized spacial score (nSPS) is 12.2. The van der Waals surface area contributed by atoms with Gasteiger partial charge in [0.05, 0.1) is 25.3 Å². The lowest BCUT2D eigenvalue weighted by Crippen LogP contribution is -2.19. The summed E-state index contributed by atoms with van der Waals surface area (Å²) in [5.74, 6) is 1.37. The highest BCUT2D eigenvalue weighted by Crippen LogP contribution is 2.34. The lowest BCUT2D eigenvalue weighted by Gasteiger charge is -2.14. The minimum Gasteiger partial charge on any atom is -0.497 e. The molecule has 0 radical (unpaired) electrons. The number of carbonyl (C=O) groups is 2. The zero-order valence-electron chi connectivity index (χ0n) is 17.1. The van der Waals surface area contributed by atoms with Gasteiger partial charge in [0.2, 0.25) is 0 Å². The fourth-order valence-electron chi connectivity index (χ4n) is 3.16. The van der Waals surface area contributed by atoms with Crippen molar-refractivity contribution >= 4 is 11.8 Å². The predicted octanol–water partition coefficient (Wildman–Crippen LogP) is 3.75. The van der Waals surface area contributed by atoms with E-state index in [0.29, 0.717) is 11.5 Å². The number of hydrogen-bond donors (Lipinski definition) is 1. The topological polar surface area (TPSA) is 83.1 Å². The molecule has 0 saturated heterocycles. The van der Waals surface area contributed by atoms with Gasteiger partial charge in [0.15, 0.2) is 11.5 Å². The van der Waals surface area contributed by atoms with Crippen LogP contribution in [0.5, 0.6) is 23.0 Å². The van der Waals surface area contributed by atoms with Gasteiger partial charge in [-0.15, -0.1) is 0 Å². The molecule has 158 valence electrons. The first-order chi connectivity index (χ1) is 15.1. The molecule has 1 N–H and O–H groups in total. The van der Waals surface area contributed by atoms with Crippen LogP contribution in [0.1, 0.15) is 31.8 Å². The van der Waals surface area contributed by atoms with Crippen molar-refractivity contribution in [1.82, 2.24) is 5.32 Å². The van der Waals surface area contributed by atoms with Crippen molar-refractivity contribution < 1.29 is 28.5 Å². The summed E-state index contributed by atoms with van der Waals surface area (Å²) in [5.41, 5.74) is 2.38. The van der Waals surface area contributed by atoms with Gasteiger partial charge >= 0.3 is 0 Å². The molecule has 31 heavy (non-hydrogen) atoms.